The molecule has 0 bridgehead atoms. The van der Waals surface area contributed by atoms with E-state index in [1.807, 2.05) is 12.1 Å². The Morgan fingerprint density at radius 2 is 2.14 bits per heavy atom. The smallest absolute Gasteiger partial charge is 0.423 e. The third kappa shape index (κ3) is 1.08. The van der Waals surface area contributed by atoms with E-state index in [2.05, 4.69) is 0 Å². The minimum atomic E-state index is -0.968. The first-order valence-corrected chi connectivity index (χ1v) is 4.03. The van der Waals surface area contributed by atoms with E-state index in [4.69, 9.17) is 15.2 Å². The Bertz CT molecular complexity index is 473. The molecule has 0 spiro atoms. The molecule has 1 heterocycles. The number of fused-ring (bicyclic) bond motifs is 1. The Morgan fingerprint density at radius 1 is 1.36 bits per heavy atom. The largest absolute Gasteiger partial charge is 0.491 e. The van der Waals surface area contributed by atoms with E-state index in [9.17, 15) is 5.02 Å². The summed E-state index contributed by atoms with van der Waals surface area (Å²) in [6, 6.07) is 7.03. The fourth-order valence-electron chi connectivity index (χ4n) is 1.52. The molecule has 4 nitrogen and oxygen atoms in total. The average Bonchev–Trinajstić information content (AvgIpc) is 2.59. The quantitative estimate of drug-likeness (QED) is 0.558. The summed E-state index contributed by atoms with van der Waals surface area (Å²) in [6.45, 7) is 0.189. The number of hydrogen-bond acceptors (Lipinski definition) is 4. The van der Waals surface area contributed by atoms with E-state index in [1.54, 1.807) is 6.07 Å². The summed E-state index contributed by atoms with van der Waals surface area (Å²) in [7, 11) is -0.968. The normalized spacial score (nSPS) is 13.2. The van der Waals surface area contributed by atoms with Crippen LogP contribution in [0.3, 0.4) is 0 Å². The molecule has 0 saturated heterocycles. The van der Waals surface area contributed by atoms with Gasteiger partial charge in [0.2, 0.25) is 0 Å². The maximum Gasteiger partial charge on any atom is 0.491 e. The lowest BCUT2D eigenvalue weighted by molar-refractivity contribution is 0.275. The molecular formula is C9H5BN2O2. The molecule has 0 unspecified atom stereocenters. The molecule has 0 aliphatic carbocycles. The highest BCUT2D eigenvalue weighted by Crippen LogP contribution is 2.17. The number of nitriles is 2. The molecule has 1 aromatic rings. The van der Waals surface area contributed by atoms with Gasteiger partial charge in [-0.1, -0.05) is 6.07 Å². The van der Waals surface area contributed by atoms with Gasteiger partial charge < -0.3 is 9.68 Å². The van der Waals surface area contributed by atoms with E-state index >= 15 is 0 Å². The first-order valence-electron chi connectivity index (χ1n) is 4.03. The Morgan fingerprint density at radius 3 is 2.79 bits per heavy atom. The predicted molar refractivity (Wildman–Crippen MR) is 48.3 cm³/mol. The van der Waals surface area contributed by atoms with Gasteiger partial charge in [0.25, 0.3) is 0 Å². The Balaban J connectivity index is 2.69. The highest BCUT2D eigenvalue weighted by Gasteiger charge is 2.30. The second-order valence-electron chi connectivity index (χ2n) is 2.94. The molecule has 1 aliphatic heterocycles. The molecule has 1 N–H and O–H groups in total. The second-order valence-corrected chi connectivity index (χ2v) is 2.94. The molecule has 1 aliphatic rings. The molecule has 0 fully saturated rings. The molecule has 1 aromatic carbocycles. The summed E-state index contributed by atoms with van der Waals surface area (Å²) in [6.07, 6.45) is 0. The van der Waals surface area contributed by atoms with Crippen molar-refractivity contribution >= 4 is 12.6 Å². The fraction of sp³-hybridized carbons (Fsp3) is 0.111. The van der Waals surface area contributed by atoms with Crippen LogP contribution in [0.4, 0.5) is 0 Å². The second kappa shape index (κ2) is 3.15. The van der Waals surface area contributed by atoms with Crippen molar-refractivity contribution in [1.29, 1.82) is 10.5 Å². The van der Waals surface area contributed by atoms with Crippen LogP contribution in [0.2, 0.25) is 0 Å². The van der Waals surface area contributed by atoms with Crippen molar-refractivity contribution < 1.29 is 9.68 Å². The van der Waals surface area contributed by atoms with Gasteiger partial charge in [0.1, 0.15) is 12.1 Å². The first-order chi connectivity index (χ1) is 6.77. The van der Waals surface area contributed by atoms with Crippen molar-refractivity contribution in [2.24, 2.45) is 0 Å². The molecule has 0 aromatic heterocycles. The van der Waals surface area contributed by atoms with E-state index < -0.39 is 7.12 Å². The topological polar surface area (TPSA) is 77.0 Å². The predicted octanol–water partition coefficient (Wildman–Crippen LogP) is -0.352. The van der Waals surface area contributed by atoms with Gasteiger partial charge in [-0.2, -0.15) is 10.5 Å². The number of nitrogens with zero attached hydrogens (tertiary/aromatic N) is 2. The summed E-state index contributed by atoms with van der Waals surface area (Å²) < 4.78 is 4.96. The van der Waals surface area contributed by atoms with Crippen LogP contribution in [0.1, 0.15) is 16.7 Å². The monoisotopic (exact) mass is 184 g/mol. The molecule has 2 rings (SSSR count). The van der Waals surface area contributed by atoms with Gasteiger partial charge >= 0.3 is 7.12 Å². The molecule has 0 atom stereocenters. The maximum atomic E-state index is 9.35. The highest BCUT2D eigenvalue weighted by molar-refractivity contribution is 6.61. The Kier molecular flexibility index (Phi) is 1.97. The zero-order chi connectivity index (χ0) is 10.1. The summed E-state index contributed by atoms with van der Waals surface area (Å²) >= 11 is 0. The summed E-state index contributed by atoms with van der Waals surface area (Å²) in [5.41, 5.74) is 1.84. The zero-order valence-corrected chi connectivity index (χ0v) is 7.19. The van der Waals surface area contributed by atoms with Crippen LogP contribution in [0, 0.1) is 22.7 Å². The average molecular weight is 184 g/mol. The first kappa shape index (κ1) is 8.77. The van der Waals surface area contributed by atoms with Gasteiger partial charge in [-0.25, -0.2) is 0 Å². The van der Waals surface area contributed by atoms with Crippen molar-refractivity contribution in [3.63, 3.8) is 0 Å². The Hall–Kier alpha value is -1.82. The molecule has 14 heavy (non-hydrogen) atoms. The van der Waals surface area contributed by atoms with E-state index in [0.29, 0.717) is 22.2 Å². The number of rotatable bonds is 0. The molecule has 0 amide bonds. The van der Waals surface area contributed by atoms with Crippen LogP contribution >= 0.6 is 0 Å². The van der Waals surface area contributed by atoms with Crippen molar-refractivity contribution in [2.75, 3.05) is 0 Å². The van der Waals surface area contributed by atoms with E-state index in [0.717, 1.165) is 0 Å². The third-order valence-electron chi connectivity index (χ3n) is 2.23. The van der Waals surface area contributed by atoms with Crippen LogP contribution in [-0.2, 0) is 11.3 Å². The maximum absolute atomic E-state index is 9.35. The van der Waals surface area contributed by atoms with Crippen molar-refractivity contribution in [1.82, 2.24) is 0 Å². The molecule has 0 radical (unpaired) electrons. The number of hydrogen-bond donors (Lipinski definition) is 1. The van der Waals surface area contributed by atoms with Gasteiger partial charge in [-0.05, 0) is 17.1 Å². The Labute approximate surface area is 81.1 Å². The van der Waals surface area contributed by atoms with Crippen molar-refractivity contribution in [2.45, 2.75) is 6.61 Å². The molecule has 66 valence electrons. The highest BCUT2D eigenvalue weighted by atomic mass is 16.5. The molecule has 0 saturated carbocycles. The lowest BCUT2D eigenvalue weighted by Crippen LogP contribution is -2.28. The van der Waals surface area contributed by atoms with Gasteiger partial charge in [-0.15, -0.1) is 0 Å². The van der Waals surface area contributed by atoms with E-state index in [1.165, 1.54) is 6.07 Å². The van der Waals surface area contributed by atoms with Crippen molar-refractivity contribution in [3.8, 4) is 12.1 Å². The van der Waals surface area contributed by atoms with Crippen LogP contribution in [0.25, 0.3) is 0 Å². The van der Waals surface area contributed by atoms with Crippen LogP contribution in [0.15, 0.2) is 12.1 Å². The van der Waals surface area contributed by atoms with Crippen molar-refractivity contribution in [3.05, 3.63) is 28.8 Å². The standard InChI is InChI=1S/C9H5BN2O2/c11-3-6-1-2-9-8(7(6)4-12)5-14-10(9)13/h1-2,13H,5H2. The fourth-order valence-corrected chi connectivity index (χ4v) is 1.52. The van der Waals surface area contributed by atoms with E-state index in [-0.39, 0.29) is 6.61 Å². The van der Waals surface area contributed by atoms with Gasteiger partial charge in [0, 0.05) is 0 Å². The van der Waals surface area contributed by atoms with Gasteiger partial charge in [0.15, 0.2) is 0 Å². The minimum Gasteiger partial charge on any atom is -0.423 e. The van der Waals surface area contributed by atoms with Crippen LogP contribution < -0.4 is 5.46 Å². The summed E-state index contributed by atoms with van der Waals surface area (Å²) in [5.74, 6) is 0. The number of benzene rings is 1. The molecule has 5 heteroatoms. The lowest BCUT2D eigenvalue weighted by Gasteiger charge is -2.01. The van der Waals surface area contributed by atoms with Crippen LogP contribution in [0.5, 0.6) is 0 Å². The molecular weight excluding hydrogens is 179 g/mol. The summed E-state index contributed by atoms with van der Waals surface area (Å²) in [4.78, 5) is 0. The summed E-state index contributed by atoms with van der Waals surface area (Å²) in [5, 5.41) is 27.0. The zero-order valence-electron chi connectivity index (χ0n) is 7.19. The minimum absolute atomic E-state index is 0.189. The van der Waals surface area contributed by atoms with Gasteiger partial charge in [-0.3, -0.25) is 0 Å². The lowest BCUT2D eigenvalue weighted by atomic mass is 9.78. The SMILES string of the molecule is N#Cc1ccc2c(c1C#N)COB2O. The van der Waals surface area contributed by atoms with Gasteiger partial charge in [0.05, 0.1) is 17.7 Å². The van der Waals surface area contributed by atoms with Crippen LogP contribution in [-0.4, -0.2) is 12.1 Å². The third-order valence-corrected chi connectivity index (χ3v) is 2.23.